The van der Waals surface area contributed by atoms with Gasteiger partial charge in [-0.15, -0.1) is 11.6 Å². The van der Waals surface area contributed by atoms with Crippen LogP contribution in [0.4, 0.5) is 13.2 Å². The normalized spacial score (nSPS) is 12.5. The van der Waals surface area contributed by atoms with Crippen LogP contribution in [-0.2, 0) is 6.42 Å². The summed E-state index contributed by atoms with van der Waals surface area (Å²) < 4.78 is 40.4. The molecule has 0 fully saturated rings. The van der Waals surface area contributed by atoms with Gasteiger partial charge < -0.3 is 0 Å². The Kier molecular flexibility index (Phi) is 4.53. The zero-order valence-corrected chi connectivity index (χ0v) is 12.0. The maximum atomic E-state index is 13.5. The fraction of sp³-hybridized carbons (Fsp3) is 0.143. The first kappa shape index (κ1) is 14.4. The lowest BCUT2D eigenvalue weighted by Crippen LogP contribution is -2.01. The SMILES string of the molecule is Fc1ccc(Br)c(C(Cl)Cc2cccc(F)c2F)c1. The molecular formula is C14H9BrClF3. The van der Waals surface area contributed by atoms with Gasteiger partial charge in [0.05, 0.1) is 5.38 Å². The van der Waals surface area contributed by atoms with Crippen molar-refractivity contribution in [1.29, 1.82) is 0 Å². The van der Waals surface area contributed by atoms with Crippen LogP contribution >= 0.6 is 27.5 Å². The quantitative estimate of drug-likeness (QED) is 0.652. The lowest BCUT2D eigenvalue weighted by molar-refractivity contribution is 0.498. The molecule has 100 valence electrons. The second-order valence-electron chi connectivity index (χ2n) is 4.05. The van der Waals surface area contributed by atoms with Crippen LogP contribution in [0.3, 0.4) is 0 Å². The van der Waals surface area contributed by atoms with Gasteiger partial charge in [0.25, 0.3) is 0 Å². The average molecular weight is 350 g/mol. The molecule has 0 saturated heterocycles. The second-order valence-corrected chi connectivity index (χ2v) is 5.43. The molecule has 0 nitrogen and oxygen atoms in total. The summed E-state index contributed by atoms with van der Waals surface area (Å²) in [6, 6.07) is 8.01. The summed E-state index contributed by atoms with van der Waals surface area (Å²) in [5.74, 6) is -2.26. The van der Waals surface area contributed by atoms with Gasteiger partial charge in [0.15, 0.2) is 11.6 Å². The van der Waals surface area contributed by atoms with Crippen LogP contribution in [0, 0.1) is 17.5 Å². The van der Waals surface area contributed by atoms with Crippen LogP contribution in [0.15, 0.2) is 40.9 Å². The third-order valence-electron chi connectivity index (χ3n) is 2.73. The van der Waals surface area contributed by atoms with Gasteiger partial charge in [-0.2, -0.15) is 0 Å². The zero-order valence-electron chi connectivity index (χ0n) is 9.64. The van der Waals surface area contributed by atoms with Gasteiger partial charge in [0, 0.05) is 4.47 Å². The van der Waals surface area contributed by atoms with Gasteiger partial charge in [0.1, 0.15) is 5.82 Å². The molecule has 0 aromatic heterocycles. The Balaban J connectivity index is 2.28. The third kappa shape index (κ3) is 3.31. The first-order valence-corrected chi connectivity index (χ1v) is 6.74. The van der Waals surface area contributed by atoms with Crippen molar-refractivity contribution in [2.24, 2.45) is 0 Å². The molecule has 0 aliphatic heterocycles. The van der Waals surface area contributed by atoms with Gasteiger partial charge >= 0.3 is 0 Å². The Morgan fingerprint density at radius 2 is 1.84 bits per heavy atom. The monoisotopic (exact) mass is 348 g/mol. The minimum Gasteiger partial charge on any atom is -0.207 e. The van der Waals surface area contributed by atoms with Crippen molar-refractivity contribution in [3.05, 3.63) is 69.4 Å². The summed E-state index contributed by atoms with van der Waals surface area (Å²) in [6.07, 6.45) is 0.0766. The van der Waals surface area contributed by atoms with Crippen LogP contribution in [0.5, 0.6) is 0 Å². The third-order valence-corrected chi connectivity index (χ3v) is 3.84. The molecule has 0 aliphatic carbocycles. The van der Waals surface area contributed by atoms with E-state index >= 15 is 0 Å². The van der Waals surface area contributed by atoms with Crippen LogP contribution < -0.4 is 0 Å². The van der Waals surface area contributed by atoms with E-state index in [-0.39, 0.29) is 12.0 Å². The highest BCUT2D eigenvalue weighted by Gasteiger charge is 2.17. The van der Waals surface area contributed by atoms with E-state index in [0.717, 1.165) is 6.07 Å². The maximum absolute atomic E-state index is 13.5. The zero-order chi connectivity index (χ0) is 14.0. The fourth-order valence-corrected chi connectivity index (χ4v) is 2.77. The summed E-state index contributed by atoms with van der Waals surface area (Å²) in [5, 5.41) is -0.652. The first-order valence-electron chi connectivity index (χ1n) is 5.51. The summed E-state index contributed by atoms with van der Waals surface area (Å²) >= 11 is 9.41. The van der Waals surface area contributed by atoms with E-state index in [1.807, 2.05) is 0 Å². The predicted molar refractivity (Wildman–Crippen MR) is 72.8 cm³/mol. The molecule has 0 N–H and O–H groups in total. The molecule has 1 unspecified atom stereocenters. The minimum absolute atomic E-state index is 0.0766. The average Bonchev–Trinajstić information content (AvgIpc) is 2.38. The highest BCUT2D eigenvalue weighted by molar-refractivity contribution is 9.10. The smallest absolute Gasteiger partial charge is 0.162 e. The Labute approximate surface area is 122 Å². The molecule has 19 heavy (non-hydrogen) atoms. The van der Waals surface area contributed by atoms with E-state index < -0.39 is 22.8 Å². The number of alkyl halides is 1. The largest absolute Gasteiger partial charge is 0.207 e. The van der Waals surface area contributed by atoms with Crippen molar-refractivity contribution in [3.63, 3.8) is 0 Å². The second kappa shape index (κ2) is 5.97. The van der Waals surface area contributed by atoms with Crippen molar-refractivity contribution < 1.29 is 13.2 Å². The van der Waals surface area contributed by atoms with Gasteiger partial charge in [-0.1, -0.05) is 28.1 Å². The molecule has 1 atom stereocenters. The highest BCUT2D eigenvalue weighted by atomic mass is 79.9. The van der Waals surface area contributed by atoms with E-state index in [2.05, 4.69) is 15.9 Å². The fourth-order valence-electron chi connectivity index (χ4n) is 1.76. The minimum atomic E-state index is -0.917. The Morgan fingerprint density at radius 3 is 2.58 bits per heavy atom. The number of hydrogen-bond acceptors (Lipinski definition) is 0. The number of hydrogen-bond donors (Lipinski definition) is 0. The molecular weight excluding hydrogens is 341 g/mol. The topological polar surface area (TPSA) is 0 Å². The van der Waals surface area contributed by atoms with Gasteiger partial charge in [0.2, 0.25) is 0 Å². The van der Waals surface area contributed by atoms with Crippen LogP contribution in [0.1, 0.15) is 16.5 Å². The van der Waals surface area contributed by atoms with E-state index in [1.165, 1.54) is 30.3 Å². The Hall–Kier alpha value is -1.00. The lowest BCUT2D eigenvalue weighted by atomic mass is 10.0. The lowest BCUT2D eigenvalue weighted by Gasteiger charge is -2.13. The van der Waals surface area contributed by atoms with Crippen molar-refractivity contribution in [2.45, 2.75) is 11.8 Å². The summed E-state index contributed by atoms with van der Waals surface area (Å²) in [4.78, 5) is 0. The highest BCUT2D eigenvalue weighted by Crippen LogP contribution is 2.32. The first-order chi connectivity index (χ1) is 8.99. The molecule has 0 radical (unpaired) electrons. The predicted octanol–water partition coefficient (Wildman–Crippen LogP) is 5.39. The molecule has 5 heteroatoms. The number of rotatable bonds is 3. The molecule has 2 rings (SSSR count). The maximum Gasteiger partial charge on any atom is 0.162 e. The van der Waals surface area contributed by atoms with E-state index in [1.54, 1.807) is 0 Å². The molecule has 2 aromatic rings. The van der Waals surface area contributed by atoms with Crippen molar-refractivity contribution in [2.75, 3.05) is 0 Å². The number of benzene rings is 2. The molecule has 0 aliphatic rings. The van der Waals surface area contributed by atoms with E-state index in [0.29, 0.717) is 10.0 Å². The van der Waals surface area contributed by atoms with Crippen LogP contribution in [0.2, 0.25) is 0 Å². The van der Waals surface area contributed by atoms with Crippen molar-refractivity contribution in [3.8, 4) is 0 Å². The summed E-state index contributed by atoms with van der Waals surface area (Å²) in [5.41, 5.74) is 0.668. The molecule has 0 heterocycles. The Bertz CT molecular complexity index is 601. The van der Waals surface area contributed by atoms with Crippen LogP contribution in [0.25, 0.3) is 0 Å². The van der Waals surface area contributed by atoms with Crippen molar-refractivity contribution in [1.82, 2.24) is 0 Å². The van der Waals surface area contributed by atoms with Gasteiger partial charge in [-0.25, -0.2) is 13.2 Å². The summed E-state index contributed by atoms with van der Waals surface area (Å²) in [6.45, 7) is 0. The van der Waals surface area contributed by atoms with Gasteiger partial charge in [-0.3, -0.25) is 0 Å². The number of halogens is 5. The summed E-state index contributed by atoms with van der Waals surface area (Å²) in [7, 11) is 0. The molecule has 0 amide bonds. The van der Waals surface area contributed by atoms with E-state index in [4.69, 9.17) is 11.6 Å². The molecule has 0 saturated carbocycles. The standard InChI is InChI=1S/C14H9BrClF3/c15-11-5-4-9(17)7-10(11)12(16)6-8-2-1-3-13(18)14(8)19/h1-5,7,12H,6H2. The van der Waals surface area contributed by atoms with E-state index in [9.17, 15) is 13.2 Å². The van der Waals surface area contributed by atoms with Crippen molar-refractivity contribution >= 4 is 27.5 Å². The van der Waals surface area contributed by atoms with Crippen LogP contribution in [-0.4, -0.2) is 0 Å². The van der Waals surface area contributed by atoms with Gasteiger partial charge in [-0.05, 0) is 41.8 Å². The molecule has 2 aromatic carbocycles. The molecule has 0 spiro atoms. The molecule has 0 bridgehead atoms. The Morgan fingerprint density at radius 1 is 1.11 bits per heavy atom.